The smallest absolute Gasteiger partial charge is 0.145 e. The number of benzene rings is 2. The fraction of sp³-hybridized carbons (Fsp3) is 0.200. The Morgan fingerprint density at radius 2 is 2.10 bits per heavy atom. The van der Waals surface area contributed by atoms with Crippen LogP contribution in [0.4, 0.5) is 4.39 Å². The molecule has 2 aromatic carbocycles. The van der Waals surface area contributed by atoms with Crippen molar-refractivity contribution in [1.82, 2.24) is 0 Å². The van der Waals surface area contributed by atoms with Gasteiger partial charge in [-0.25, -0.2) is 4.39 Å². The first-order valence-corrected chi connectivity index (χ1v) is 7.36. The predicted octanol–water partition coefficient (Wildman–Crippen LogP) is 5.44. The van der Waals surface area contributed by atoms with Crippen LogP contribution in [-0.2, 0) is 0 Å². The maximum atomic E-state index is 13.5. The highest BCUT2D eigenvalue weighted by molar-refractivity contribution is 9.10. The average molecular weight is 359 g/mol. The molecule has 5 heteroatoms. The van der Waals surface area contributed by atoms with Crippen LogP contribution in [0.5, 0.6) is 11.5 Å². The molecule has 0 saturated carbocycles. The molecule has 2 N–H and O–H groups in total. The molecular formula is C15H14BrClFNO. The summed E-state index contributed by atoms with van der Waals surface area (Å²) in [6.45, 7) is 2.02. The normalized spacial score (nSPS) is 12.2. The van der Waals surface area contributed by atoms with Gasteiger partial charge in [0.25, 0.3) is 0 Å². The lowest BCUT2D eigenvalue weighted by atomic mass is 10.1. The predicted molar refractivity (Wildman–Crippen MR) is 82.8 cm³/mol. The van der Waals surface area contributed by atoms with Crippen LogP contribution in [0.1, 0.15) is 24.9 Å². The minimum absolute atomic E-state index is 0.0380. The van der Waals surface area contributed by atoms with Crippen LogP contribution in [0, 0.1) is 5.82 Å². The fourth-order valence-electron chi connectivity index (χ4n) is 1.75. The molecule has 0 aromatic heterocycles. The zero-order chi connectivity index (χ0) is 14.7. The molecule has 1 unspecified atom stereocenters. The van der Waals surface area contributed by atoms with Gasteiger partial charge in [0.2, 0.25) is 0 Å². The summed E-state index contributed by atoms with van der Waals surface area (Å²) < 4.78 is 19.7. The van der Waals surface area contributed by atoms with Crippen molar-refractivity contribution in [3.05, 3.63) is 57.3 Å². The van der Waals surface area contributed by atoms with Crippen LogP contribution in [0.3, 0.4) is 0 Å². The van der Waals surface area contributed by atoms with Crippen LogP contribution in [-0.4, -0.2) is 0 Å². The standard InChI is InChI=1S/C15H14BrClFNO/c1-2-14(19)9-4-3-5-10(6-9)20-15-8-13(18)12(17)7-11(15)16/h3-8,14H,2,19H2,1H3. The Balaban J connectivity index is 2.28. The molecule has 20 heavy (non-hydrogen) atoms. The Morgan fingerprint density at radius 1 is 1.35 bits per heavy atom. The maximum Gasteiger partial charge on any atom is 0.145 e. The molecule has 0 aliphatic rings. The summed E-state index contributed by atoms with van der Waals surface area (Å²) in [5.41, 5.74) is 6.97. The summed E-state index contributed by atoms with van der Waals surface area (Å²) in [5.74, 6) is 0.453. The first kappa shape index (κ1) is 15.3. The van der Waals surface area contributed by atoms with E-state index >= 15 is 0 Å². The summed E-state index contributed by atoms with van der Waals surface area (Å²) in [5, 5.41) is 0.0472. The van der Waals surface area contributed by atoms with Gasteiger partial charge in [0.15, 0.2) is 0 Å². The van der Waals surface area contributed by atoms with Crippen molar-refractivity contribution in [2.45, 2.75) is 19.4 Å². The molecule has 106 valence electrons. The van der Waals surface area contributed by atoms with Crippen LogP contribution in [0.15, 0.2) is 40.9 Å². The minimum atomic E-state index is -0.522. The van der Waals surface area contributed by atoms with E-state index in [4.69, 9.17) is 22.1 Å². The molecule has 0 spiro atoms. The van der Waals surface area contributed by atoms with Gasteiger partial charge >= 0.3 is 0 Å². The second-order valence-corrected chi connectivity index (χ2v) is 5.65. The number of hydrogen-bond acceptors (Lipinski definition) is 2. The highest BCUT2D eigenvalue weighted by atomic mass is 79.9. The number of hydrogen-bond donors (Lipinski definition) is 1. The van der Waals surface area contributed by atoms with E-state index in [-0.39, 0.29) is 11.1 Å². The lowest BCUT2D eigenvalue weighted by Gasteiger charge is -2.12. The molecule has 0 fully saturated rings. The van der Waals surface area contributed by atoms with Crippen LogP contribution in [0.2, 0.25) is 5.02 Å². The quantitative estimate of drug-likeness (QED) is 0.738. The van der Waals surface area contributed by atoms with Crippen molar-refractivity contribution in [1.29, 1.82) is 0 Å². The summed E-state index contributed by atoms with van der Waals surface area (Å²) in [7, 11) is 0. The third-order valence-electron chi connectivity index (χ3n) is 2.93. The van der Waals surface area contributed by atoms with Crippen LogP contribution < -0.4 is 10.5 Å². The van der Waals surface area contributed by atoms with Crippen molar-refractivity contribution >= 4 is 27.5 Å². The SMILES string of the molecule is CCC(N)c1cccc(Oc2cc(F)c(Cl)cc2Br)c1. The van der Waals surface area contributed by atoms with Gasteiger partial charge in [-0.1, -0.05) is 30.7 Å². The lowest BCUT2D eigenvalue weighted by Crippen LogP contribution is -2.08. The van der Waals surface area contributed by atoms with E-state index in [0.717, 1.165) is 12.0 Å². The molecule has 0 aliphatic heterocycles. The fourth-order valence-corrected chi connectivity index (χ4v) is 2.47. The minimum Gasteiger partial charge on any atom is -0.456 e. The molecule has 0 saturated heterocycles. The molecule has 2 aromatic rings. The van der Waals surface area contributed by atoms with Gasteiger partial charge in [-0.3, -0.25) is 0 Å². The monoisotopic (exact) mass is 357 g/mol. The largest absolute Gasteiger partial charge is 0.456 e. The summed E-state index contributed by atoms with van der Waals surface area (Å²) in [4.78, 5) is 0. The first-order valence-electron chi connectivity index (χ1n) is 6.19. The molecule has 0 heterocycles. The van der Waals surface area contributed by atoms with Crippen molar-refractivity contribution in [2.24, 2.45) is 5.73 Å². The topological polar surface area (TPSA) is 35.2 Å². The Bertz CT molecular complexity index is 621. The van der Waals surface area contributed by atoms with E-state index in [2.05, 4.69) is 15.9 Å². The van der Waals surface area contributed by atoms with Gasteiger partial charge in [0.1, 0.15) is 17.3 Å². The molecule has 0 amide bonds. The van der Waals surface area contributed by atoms with E-state index in [9.17, 15) is 4.39 Å². The number of halogens is 3. The van der Waals surface area contributed by atoms with Crippen LogP contribution in [0.25, 0.3) is 0 Å². The van der Waals surface area contributed by atoms with Gasteiger partial charge in [0, 0.05) is 12.1 Å². The highest BCUT2D eigenvalue weighted by Gasteiger charge is 2.10. The molecular weight excluding hydrogens is 345 g/mol. The van der Waals surface area contributed by atoms with Crippen molar-refractivity contribution in [2.75, 3.05) is 0 Å². The zero-order valence-electron chi connectivity index (χ0n) is 10.9. The summed E-state index contributed by atoms with van der Waals surface area (Å²) in [6.07, 6.45) is 0.836. The third kappa shape index (κ3) is 3.51. The van der Waals surface area contributed by atoms with Gasteiger partial charge in [-0.2, -0.15) is 0 Å². The van der Waals surface area contributed by atoms with E-state index in [1.54, 1.807) is 6.07 Å². The van der Waals surface area contributed by atoms with Gasteiger partial charge in [0.05, 0.1) is 9.50 Å². The Labute approximate surface area is 130 Å². The molecule has 0 bridgehead atoms. The Hall–Kier alpha value is -1.10. The second-order valence-electron chi connectivity index (χ2n) is 4.39. The summed E-state index contributed by atoms with van der Waals surface area (Å²) in [6, 6.07) is 10.1. The van der Waals surface area contributed by atoms with E-state index in [1.807, 2.05) is 25.1 Å². The van der Waals surface area contributed by atoms with E-state index in [0.29, 0.717) is 16.0 Å². The van der Waals surface area contributed by atoms with Crippen molar-refractivity contribution < 1.29 is 9.13 Å². The van der Waals surface area contributed by atoms with Crippen molar-refractivity contribution in [3.63, 3.8) is 0 Å². The van der Waals surface area contributed by atoms with Crippen molar-refractivity contribution in [3.8, 4) is 11.5 Å². The first-order chi connectivity index (χ1) is 9.51. The van der Waals surface area contributed by atoms with E-state index in [1.165, 1.54) is 12.1 Å². The molecule has 2 nitrogen and oxygen atoms in total. The van der Waals surface area contributed by atoms with E-state index < -0.39 is 5.82 Å². The maximum absolute atomic E-state index is 13.5. The summed E-state index contributed by atoms with van der Waals surface area (Å²) >= 11 is 9.00. The lowest BCUT2D eigenvalue weighted by molar-refractivity contribution is 0.472. The number of nitrogens with two attached hydrogens (primary N) is 1. The second kappa shape index (κ2) is 6.57. The van der Waals surface area contributed by atoms with Gasteiger partial charge < -0.3 is 10.5 Å². The Morgan fingerprint density at radius 3 is 2.80 bits per heavy atom. The number of rotatable bonds is 4. The molecule has 1 atom stereocenters. The van der Waals surface area contributed by atoms with Gasteiger partial charge in [-0.05, 0) is 46.1 Å². The molecule has 0 aliphatic carbocycles. The molecule has 0 radical (unpaired) electrons. The Kier molecular flexibility index (Phi) is 5.02. The average Bonchev–Trinajstić information content (AvgIpc) is 2.44. The molecule has 2 rings (SSSR count). The van der Waals surface area contributed by atoms with Gasteiger partial charge in [-0.15, -0.1) is 0 Å². The van der Waals surface area contributed by atoms with Crippen LogP contribution >= 0.6 is 27.5 Å². The number of ether oxygens (including phenoxy) is 1. The highest BCUT2D eigenvalue weighted by Crippen LogP contribution is 2.34. The third-order valence-corrected chi connectivity index (χ3v) is 3.84. The zero-order valence-corrected chi connectivity index (χ0v) is 13.2.